The van der Waals surface area contributed by atoms with Gasteiger partial charge in [0.2, 0.25) is 11.8 Å². The van der Waals surface area contributed by atoms with E-state index in [1.165, 1.54) is 22.2 Å². The highest BCUT2D eigenvalue weighted by atomic mass is 32.2. The molecule has 25 heavy (non-hydrogen) atoms. The third-order valence-electron chi connectivity index (χ3n) is 4.69. The standard InChI is InChI=1S/C17H22N4O2S2/c1-9-10(2)25-17-14(9)16(19-11(3)20-17)24-8-13(22)21-6-4-12(5-7-21)15(18)23/h12H,4-8H2,1-3H3,(H2,18,23). The normalized spacial score (nSPS) is 15.7. The van der Waals surface area contributed by atoms with E-state index in [0.29, 0.717) is 31.7 Å². The fraction of sp³-hybridized carbons (Fsp3) is 0.529. The van der Waals surface area contributed by atoms with E-state index in [1.54, 1.807) is 11.3 Å². The molecule has 0 radical (unpaired) electrons. The maximum atomic E-state index is 12.5. The Kier molecular flexibility index (Phi) is 5.29. The summed E-state index contributed by atoms with van der Waals surface area (Å²) < 4.78 is 0. The lowest BCUT2D eigenvalue weighted by Gasteiger charge is -2.30. The lowest BCUT2D eigenvalue weighted by Crippen LogP contribution is -2.42. The van der Waals surface area contributed by atoms with Crippen molar-refractivity contribution in [2.45, 2.75) is 38.6 Å². The van der Waals surface area contributed by atoms with Crippen LogP contribution >= 0.6 is 23.1 Å². The van der Waals surface area contributed by atoms with Crippen LogP contribution in [0.1, 0.15) is 29.1 Å². The van der Waals surface area contributed by atoms with Crippen LogP contribution in [0, 0.1) is 26.7 Å². The molecular weight excluding hydrogens is 356 g/mol. The lowest BCUT2D eigenvalue weighted by molar-refractivity contribution is -0.132. The van der Waals surface area contributed by atoms with Gasteiger partial charge in [0.1, 0.15) is 15.7 Å². The fourth-order valence-electron chi connectivity index (χ4n) is 3.05. The lowest BCUT2D eigenvalue weighted by atomic mass is 9.96. The van der Waals surface area contributed by atoms with Gasteiger partial charge < -0.3 is 10.6 Å². The van der Waals surface area contributed by atoms with Crippen LogP contribution in [0.3, 0.4) is 0 Å². The molecule has 1 saturated heterocycles. The number of piperidine rings is 1. The van der Waals surface area contributed by atoms with Gasteiger partial charge in [0.25, 0.3) is 0 Å². The maximum absolute atomic E-state index is 12.5. The first kappa shape index (κ1) is 18.1. The van der Waals surface area contributed by atoms with Crippen LogP contribution in [0.5, 0.6) is 0 Å². The molecule has 6 nitrogen and oxygen atoms in total. The minimum atomic E-state index is -0.261. The van der Waals surface area contributed by atoms with Crippen molar-refractivity contribution < 1.29 is 9.59 Å². The molecule has 0 bridgehead atoms. The fourth-order valence-corrected chi connectivity index (χ4v) is 5.23. The number of amides is 2. The average molecular weight is 379 g/mol. The van der Waals surface area contributed by atoms with Gasteiger partial charge in [0.15, 0.2) is 0 Å². The summed E-state index contributed by atoms with van der Waals surface area (Å²) in [6.07, 6.45) is 1.32. The molecule has 0 atom stereocenters. The van der Waals surface area contributed by atoms with Gasteiger partial charge in [-0.25, -0.2) is 9.97 Å². The molecule has 8 heteroatoms. The molecule has 1 aliphatic heterocycles. The highest BCUT2D eigenvalue weighted by Gasteiger charge is 2.26. The first-order chi connectivity index (χ1) is 11.9. The monoisotopic (exact) mass is 378 g/mol. The van der Waals surface area contributed by atoms with Crippen molar-refractivity contribution in [1.82, 2.24) is 14.9 Å². The topological polar surface area (TPSA) is 89.2 Å². The summed E-state index contributed by atoms with van der Waals surface area (Å²) in [5.41, 5.74) is 6.54. The van der Waals surface area contributed by atoms with Gasteiger partial charge in [-0.3, -0.25) is 9.59 Å². The van der Waals surface area contributed by atoms with Crippen LogP contribution in [0.25, 0.3) is 10.2 Å². The second-order valence-electron chi connectivity index (χ2n) is 6.39. The Bertz CT molecular complexity index is 826. The summed E-state index contributed by atoms with van der Waals surface area (Å²) in [7, 11) is 0. The number of aromatic nitrogens is 2. The Morgan fingerprint density at radius 1 is 1.24 bits per heavy atom. The van der Waals surface area contributed by atoms with Crippen molar-refractivity contribution in [2.24, 2.45) is 11.7 Å². The van der Waals surface area contributed by atoms with E-state index in [0.717, 1.165) is 21.1 Å². The number of nitrogens with two attached hydrogens (primary N) is 1. The van der Waals surface area contributed by atoms with Crippen LogP contribution in [0.2, 0.25) is 0 Å². The molecule has 2 aromatic heterocycles. The van der Waals surface area contributed by atoms with E-state index in [1.807, 2.05) is 11.8 Å². The van der Waals surface area contributed by atoms with Gasteiger partial charge in [-0.2, -0.15) is 0 Å². The molecule has 0 saturated carbocycles. The van der Waals surface area contributed by atoms with Crippen molar-refractivity contribution in [3.05, 3.63) is 16.3 Å². The Hall–Kier alpha value is -1.67. The number of hydrogen-bond donors (Lipinski definition) is 1. The Balaban J connectivity index is 1.69. The third-order valence-corrected chi connectivity index (χ3v) is 6.75. The van der Waals surface area contributed by atoms with E-state index in [-0.39, 0.29) is 17.7 Å². The molecule has 1 aliphatic rings. The molecule has 0 aliphatic carbocycles. The molecule has 3 rings (SSSR count). The largest absolute Gasteiger partial charge is 0.369 e. The number of carbonyl (C=O) groups is 2. The number of rotatable bonds is 4. The Labute approximate surface area is 155 Å². The number of hydrogen-bond acceptors (Lipinski definition) is 6. The van der Waals surface area contributed by atoms with Crippen molar-refractivity contribution >= 4 is 45.1 Å². The van der Waals surface area contributed by atoms with Gasteiger partial charge in [-0.1, -0.05) is 11.8 Å². The van der Waals surface area contributed by atoms with E-state index in [9.17, 15) is 9.59 Å². The van der Waals surface area contributed by atoms with Gasteiger partial charge in [-0.05, 0) is 39.2 Å². The number of nitrogens with zero attached hydrogens (tertiary/aromatic N) is 3. The van der Waals surface area contributed by atoms with E-state index in [2.05, 4.69) is 23.8 Å². The first-order valence-electron chi connectivity index (χ1n) is 8.31. The minimum absolute atomic E-state index is 0.0851. The maximum Gasteiger partial charge on any atom is 0.232 e. The van der Waals surface area contributed by atoms with E-state index in [4.69, 9.17) is 5.73 Å². The summed E-state index contributed by atoms with van der Waals surface area (Å²) in [6.45, 7) is 7.24. The number of primary amides is 1. The summed E-state index contributed by atoms with van der Waals surface area (Å²) in [5.74, 6) is 0.801. The van der Waals surface area contributed by atoms with Crippen LogP contribution < -0.4 is 5.73 Å². The number of likely N-dealkylation sites (tertiary alicyclic amines) is 1. The average Bonchev–Trinajstić information content (AvgIpc) is 2.86. The summed E-state index contributed by atoms with van der Waals surface area (Å²) in [5, 5.41) is 1.95. The van der Waals surface area contributed by atoms with Crippen molar-refractivity contribution in [1.29, 1.82) is 0 Å². The van der Waals surface area contributed by atoms with E-state index >= 15 is 0 Å². The Morgan fingerprint density at radius 2 is 1.92 bits per heavy atom. The predicted molar refractivity (Wildman–Crippen MR) is 101 cm³/mol. The SMILES string of the molecule is Cc1nc(SCC(=O)N2CCC(C(N)=O)CC2)c2c(C)c(C)sc2n1. The zero-order valence-corrected chi connectivity index (χ0v) is 16.3. The number of aryl methyl sites for hydroxylation is 3. The number of fused-ring (bicyclic) bond motifs is 1. The van der Waals surface area contributed by atoms with Crippen LogP contribution in [-0.4, -0.2) is 45.5 Å². The van der Waals surface area contributed by atoms with Crippen LogP contribution in [0.15, 0.2) is 5.03 Å². The zero-order chi connectivity index (χ0) is 18.1. The van der Waals surface area contributed by atoms with Gasteiger partial charge in [0, 0.05) is 29.3 Å². The second kappa shape index (κ2) is 7.29. The van der Waals surface area contributed by atoms with E-state index < -0.39 is 0 Å². The number of thioether (sulfide) groups is 1. The van der Waals surface area contributed by atoms with Gasteiger partial charge >= 0.3 is 0 Å². The summed E-state index contributed by atoms with van der Waals surface area (Å²) in [6, 6.07) is 0. The Morgan fingerprint density at radius 3 is 2.56 bits per heavy atom. The smallest absolute Gasteiger partial charge is 0.232 e. The molecular formula is C17H22N4O2S2. The summed E-state index contributed by atoms with van der Waals surface area (Å²) in [4.78, 5) is 36.9. The molecule has 134 valence electrons. The van der Waals surface area contributed by atoms with Gasteiger partial charge in [-0.15, -0.1) is 11.3 Å². The molecule has 0 spiro atoms. The molecule has 1 fully saturated rings. The van der Waals surface area contributed by atoms with Crippen molar-refractivity contribution in [3.63, 3.8) is 0 Å². The molecule has 2 aromatic rings. The quantitative estimate of drug-likeness (QED) is 0.652. The number of carbonyl (C=O) groups excluding carboxylic acids is 2. The molecule has 0 aromatic carbocycles. The molecule has 2 amide bonds. The van der Waals surface area contributed by atoms with Gasteiger partial charge in [0.05, 0.1) is 5.75 Å². The molecule has 3 heterocycles. The van der Waals surface area contributed by atoms with Crippen LogP contribution in [-0.2, 0) is 9.59 Å². The highest BCUT2D eigenvalue weighted by Crippen LogP contribution is 2.35. The zero-order valence-electron chi connectivity index (χ0n) is 14.7. The van der Waals surface area contributed by atoms with Crippen molar-refractivity contribution in [2.75, 3.05) is 18.8 Å². The minimum Gasteiger partial charge on any atom is -0.369 e. The molecule has 2 N–H and O–H groups in total. The summed E-state index contributed by atoms with van der Waals surface area (Å²) >= 11 is 3.14. The first-order valence-corrected chi connectivity index (χ1v) is 10.1. The van der Waals surface area contributed by atoms with Crippen LogP contribution in [0.4, 0.5) is 0 Å². The van der Waals surface area contributed by atoms with Crippen molar-refractivity contribution in [3.8, 4) is 0 Å². The number of thiophene rings is 1. The highest BCUT2D eigenvalue weighted by molar-refractivity contribution is 8.00. The second-order valence-corrected chi connectivity index (χ2v) is 8.55. The third kappa shape index (κ3) is 3.79. The molecule has 0 unspecified atom stereocenters. The predicted octanol–water partition coefficient (Wildman–Crippen LogP) is 2.43.